The molecule has 0 radical (unpaired) electrons. The topological polar surface area (TPSA) is 171 Å². The van der Waals surface area contributed by atoms with Crippen molar-refractivity contribution in [3.8, 4) is 11.3 Å². The van der Waals surface area contributed by atoms with E-state index in [-0.39, 0.29) is 26.1 Å². The van der Waals surface area contributed by atoms with Gasteiger partial charge in [-0.15, -0.1) is 0 Å². The number of rotatable bonds is 14. The van der Waals surface area contributed by atoms with Gasteiger partial charge in [-0.25, -0.2) is 14.6 Å². The van der Waals surface area contributed by atoms with Crippen molar-refractivity contribution < 1.29 is 33.8 Å². The first-order valence-electron chi connectivity index (χ1n) is 15.1. The number of benzene rings is 2. The molecule has 0 saturated carbocycles. The molecule has 0 aliphatic carbocycles. The maximum absolute atomic E-state index is 13.6. The number of aliphatic hydroxyl groups is 1. The Kier molecular flexibility index (Phi) is 13.7. The van der Waals surface area contributed by atoms with Gasteiger partial charge in [-0.2, -0.15) is 0 Å². The van der Waals surface area contributed by atoms with Gasteiger partial charge in [-0.3, -0.25) is 20.0 Å². The highest BCUT2D eigenvalue weighted by Gasteiger charge is 2.35. The standard InChI is InChI=1S/C34H44N6O7/c1-34(2,3)30(38-33(45)47-5)31(43)39-40(21-24-14-16-25(17-15-24)26-13-9-10-18-35-26)22-28(41)27(19-23-11-7-6-8-12-23)37-29(42)20-36-32(44)46-4/h6-18,27-28,30,41H,19-22H2,1-5H3,(H,36,44)(H,37,42)(H,38,45)(H,39,43)/t27?,28-,30-/m0/s1. The molecule has 0 spiro atoms. The lowest BCUT2D eigenvalue weighted by Gasteiger charge is -2.34. The van der Waals surface area contributed by atoms with Crippen molar-refractivity contribution in [1.82, 2.24) is 31.4 Å². The van der Waals surface area contributed by atoms with Crippen LogP contribution in [-0.4, -0.2) is 84.6 Å². The van der Waals surface area contributed by atoms with Gasteiger partial charge in [0.25, 0.3) is 5.91 Å². The van der Waals surface area contributed by atoms with E-state index in [4.69, 9.17) is 4.74 Å². The van der Waals surface area contributed by atoms with Gasteiger partial charge in [0, 0.05) is 24.8 Å². The van der Waals surface area contributed by atoms with Crippen molar-refractivity contribution in [3.63, 3.8) is 0 Å². The van der Waals surface area contributed by atoms with E-state index in [9.17, 15) is 24.3 Å². The molecule has 252 valence electrons. The zero-order chi connectivity index (χ0) is 34.4. The van der Waals surface area contributed by atoms with Gasteiger partial charge in [-0.1, -0.05) is 81.4 Å². The number of amides is 4. The molecule has 1 heterocycles. The van der Waals surface area contributed by atoms with E-state index in [1.165, 1.54) is 19.2 Å². The maximum Gasteiger partial charge on any atom is 0.407 e. The van der Waals surface area contributed by atoms with Crippen molar-refractivity contribution in [3.05, 3.63) is 90.1 Å². The summed E-state index contributed by atoms with van der Waals surface area (Å²) >= 11 is 0. The summed E-state index contributed by atoms with van der Waals surface area (Å²) in [5.74, 6) is -1.06. The number of methoxy groups -OCH3 is 2. The molecule has 13 heteroatoms. The van der Waals surface area contributed by atoms with Crippen LogP contribution in [0.4, 0.5) is 9.59 Å². The number of nitrogens with zero attached hydrogens (tertiary/aromatic N) is 2. The summed E-state index contributed by atoms with van der Waals surface area (Å²) in [6, 6.07) is 20.8. The molecular formula is C34H44N6O7. The highest BCUT2D eigenvalue weighted by atomic mass is 16.5. The maximum atomic E-state index is 13.6. The highest BCUT2D eigenvalue weighted by molar-refractivity contribution is 5.86. The number of alkyl carbamates (subject to hydrolysis) is 2. The quantitative estimate of drug-likeness (QED) is 0.165. The van der Waals surface area contributed by atoms with Crippen LogP contribution in [0.15, 0.2) is 79.0 Å². The van der Waals surface area contributed by atoms with E-state index in [1.807, 2.05) is 72.8 Å². The number of hydrogen-bond acceptors (Lipinski definition) is 9. The van der Waals surface area contributed by atoms with Crippen molar-refractivity contribution in [2.45, 2.75) is 51.9 Å². The van der Waals surface area contributed by atoms with Gasteiger partial charge in [0.15, 0.2) is 0 Å². The Bertz CT molecular complexity index is 1450. The fourth-order valence-electron chi connectivity index (χ4n) is 4.74. The molecule has 0 aliphatic heterocycles. The van der Waals surface area contributed by atoms with Crippen molar-refractivity contribution in [1.29, 1.82) is 0 Å². The number of nitrogens with one attached hydrogen (secondary N) is 4. The highest BCUT2D eigenvalue weighted by Crippen LogP contribution is 2.21. The number of aliphatic hydroxyl groups excluding tert-OH is 1. The average Bonchev–Trinajstić information content (AvgIpc) is 3.06. The Morgan fingerprint density at radius 1 is 0.851 bits per heavy atom. The molecule has 0 saturated heterocycles. The molecule has 0 fully saturated rings. The van der Waals surface area contributed by atoms with Crippen LogP contribution in [0.2, 0.25) is 0 Å². The molecule has 3 rings (SSSR count). The number of carbonyl (C=O) groups excluding carboxylic acids is 4. The monoisotopic (exact) mass is 648 g/mol. The van der Waals surface area contributed by atoms with Crippen molar-refractivity contribution in [2.24, 2.45) is 5.41 Å². The summed E-state index contributed by atoms with van der Waals surface area (Å²) in [5.41, 5.74) is 5.56. The smallest absolute Gasteiger partial charge is 0.407 e. The first-order chi connectivity index (χ1) is 22.4. The third kappa shape index (κ3) is 12.0. The van der Waals surface area contributed by atoms with Crippen LogP contribution in [-0.2, 0) is 32.0 Å². The number of carbonyl (C=O) groups is 4. The summed E-state index contributed by atoms with van der Waals surface area (Å²) in [5, 5.41) is 20.8. The van der Waals surface area contributed by atoms with Crippen LogP contribution < -0.4 is 21.4 Å². The Morgan fingerprint density at radius 2 is 1.51 bits per heavy atom. The van der Waals surface area contributed by atoms with Gasteiger partial charge in [-0.05, 0) is 35.1 Å². The Morgan fingerprint density at radius 3 is 2.11 bits per heavy atom. The van der Waals surface area contributed by atoms with Crippen molar-refractivity contribution >= 4 is 24.0 Å². The molecule has 1 aromatic heterocycles. The van der Waals surface area contributed by atoms with E-state index < -0.39 is 47.6 Å². The summed E-state index contributed by atoms with van der Waals surface area (Å²) in [4.78, 5) is 54.4. The van der Waals surface area contributed by atoms with E-state index in [0.717, 1.165) is 22.4 Å². The lowest BCUT2D eigenvalue weighted by molar-refractivity contribution is -0.132. The fraction of sp³-hybridized carbons (Fsp3) is 0.382. The molecule has 2 aromatic carbocycles. The minimum Gasteiger partial charge on any atom is -0.453 e. The summed E-state index contributed by atoms with van der Waals surface area (Å²) < 4.78 is 9.28. The molecule has 13 nitrogen and oxygen atoms in total. The molecule has 0 bridgehead atoms. The largest absolute Gasteiger partial charge is 0.453 e. The van der Waals surface area contributed by atoms with Gasteiger partial charge >= 0.3 is 12.2 Å². The number of aromatic nitrogens is 1. The molecule has 1 unspecified atom stereocenters. The number of ether oxygens (including phenoxy) is 2. The summed E-state index contributed by atoms with van der Waals surface area (Å²) in [6.07, 6.45) is -0.736. The van der Waals surface area contributed by atoms with Gasteiger partial charge in [0.1, 0.15) is 12.6 Å². The normalized spacial score (nSPS) is 13.1. The molecular weight excluding hydrogens is 604 g/mol. The van der Waals surface area contributed by atoms with Crippen LogP contribution in [0.1, 0.15) is 31.9 Å². The summed E-state index contributed by atoms with van der Waals surface area (Å²) in [7, 11) is 2.40. The Hall–Kier alpha value is -5.01. The zero-order valence-corrected chi connectivity index (χ0v) is 27.4. The van der Waals surface area contributed by atoms with Crippen LogP contribution in [0.3, 0.4) is 0 Å². The Labute approximate surface area is 275 Å². The Balaban J connectivity index is 1.87. The first-order valence-corrected chi connectivity index (χ1v) is 15.1. The van der Waals surface area contributed by atoms with E-state index in [2.05, 4.69) is 31.1 Å². The molecule has 0 aliphatic rings. The first kappa shape index (κ1) is 36.5. The lowest BCUT2D eigenvalue weighted by atomic mass is 9.86. The molecule has 3 atom stereocenters. The van der Waals surface area contributed by atoms with E-state index >= 15 is 0 Å². The number of hydrogen-bond donors (Lipinski definition) is 5. The minimum atomic E-state index is -1.19. The number of hydrazine groups is 1. The van der Waals surface area contributed by atoms with Gasteiger partial charge in [0.2, 0.25) is 5.91 Å². The van der Waals surface area contributed by atoms with Crippen LogP contribution >= 0.6 is 0 Å². The van der Waals surface area contributed by atoms with Crippen LogP contribution in [0.25, 0.3) is 11.3 Å². The average molecular weight is 649 g/mol. The molecule has 5 N–H and O–H groups in total. The number of pyridine rings is 1. The zero-order valence-electron chi connectivity index (χ0n) is 27.4. The van der Waals surface area contributed by atoms with Crippen molar-refractivity contribution in [2.75, 3.05) is 27.3 Å². The second kappa shape index (κ2) is 17.6. The molecule has 3 aromatic rings. The van der Waals surface area contributed by atoms with Crippen LogP contribution in [0, 0.1) is 5.41 Å². The van der Waals surface area contributed by atoms with Crippen LogP contribution in [0.5, 0.6) is 0 Å². The summed E-state index contributed by atoms with van der Waals surface area (Å²) in [6.45, 7) is 5.12. The van der Waals surface area contributed by atoms with E-state index in [0.29, 0.717) is 0 Å². The lowest BCUT2D eigenvalue weighted by Crippen LogP contribution is -2.59. The molecule has 4 amide bonds. The second-order valence-electron chi connectivity index (χ2n) is 12.0. The van der Waals surface area contributed by atoms with E-state index in [1.54, 1.807) is 27.0 Å². The fourth-order valence-corrected chi connectivity index (χ4v) is 4.74. The predicted octanol–water partition coefficient (Wildman–Crippen LogP) is 2.80. The predicted molar refractivity (Wildman–Crippen MR) is 176 cm³/mol. The molecule has 47 heavy (non-hydrogen) atoms. The SMILES string of the molecule is COC(=O)NCC(=O)NC(Cc1ccccc1)[C@@H](O)CN(Cc1ccc(-c2ccccn2)cc1)NC(=O)[C@H](NC(=O)OC)C(C)(C)C. The minimum absolute atomic E-state index is 0.106. The second-order valence-corrected chi connectivity index (χ2v) is 12.0. The van der Waals surface area contributed by atoms with Gasteiger partial charge in [0.05, 0.1) is 32.1 Å². The van der Waals surface area contributed by atoms with Gasteiger partial charge < -0.3 is 30.5 Å². The third-order valence-corrected chi connectivity index (χ3v) is 7.23. The third-order valence-electron chi connectivity index (χ3n) is 7.23.